The molecule has 0 aliphatic heterocycles. The Hall–Kier alpha value is -0.670. The zero-order valence-corrected chi connectivity index (χ0v) is 15.1. The van der Waals surface area contributed by atoms with E-state index in [-0.39, 0.29) is 5.41 Å². The van der Waals surface area contributed by atoms with Crippen LogP contribution in [0.4, 0.5) is 0 Å². The van der Waals surface area contributed by atoms with Gasteiger partial charge in [-0.3, -0.25) is 4.21 Å². The minimum absolute atomic E-state index is 0.153. The normalized spacial score (nSPS) is 14.9. The standard InChI is InChI=1S/C18H31NOS/c1-6-13-19-15(2)8-7-14-21(20)17-11-9-16(10-12-17)18(3,4)5/h9-12,15,19H,6-8,13-14H2,1-5H3. The van der Waals surface area contributed by atoms with Crippen molar-refractivity contribution in [3.8, 4) is 0 Å². The topological polar surface area (TPSA) is 29.1 Å². The second-order valence-corrected chi connectivity index (χ2v) is 8.39. The van der Waals surface area contributed by atoms with Gasteiger partial charge in [-0.1, -0.05) is 39.8 Å². The highest BCUT2D eigenvalue weighted by Crippen LogP contribution is 2.23. The minimum atomic E-state index is -0.868. The first-order valence-corrected chi connectivity index (χ1v) is 9.38. The third-order valence-electron chi connectivity index (χ3n) is 3.69. The predicted molar refractivity (Wildman–Crippen MR) is 93.4 cm³/mol. The lowest BCUT2D eigenvalue weighted by atomic mass is 9.87. The molecule has 3 heteroatoms. The average molecular weight is 310 g/mol. The first kappa shape index (κ1) is 18.4. The lowest BCUT2D eigenvalue weighted by molar-refractivity contribution is 0.509. The molecule has 1 aromatic carbocycles. The van der Waals surface area contributed by atoms with Gasteiger partial charge in [-0.15, -0.1) is 0 Å². The fourth-order valence-electron chi connectivity index (χ4n) is 2.24. The van der Waals surface area contributed by atoms with Crippen molar-refractivity contribution in [2.24, 2.45) is 0 Å². The second kappa shape index (κ2) is 8.70. The predicted octanol–water partition coefficient (Wildman–Crippen LogP) is 4.26. The van der Waals surface area contributed by atoms with Crippen molar-refractivity contribution in [1.82, 2.24) is 5.32 Å². The van der Waals surface area contributed by atoms with E-state index >= 15 is 0 Å². The van der Waals surface area contributed by atoms with Gasteiger partial charge in [-0.2, -0.15) is 0 Å². The van der Waals surface area contributed by atoms with Gasteiger partial charge >= 0.3 is 0 Å². The molecular formula is C18H31NOS. The first-order chi connectivity index (χ1) is 9.84. The molecule has 0 aliphatic carbocycles. The summed E-state index contributed by atoms with van der Waals surface area (Å²) in [6, 6.07) is 8.78. The van der Waals surface area contributed by atoms with Crippen molar-refractivity contribution < 1.29 is 4.21 Å². The van der Waals surface area contributed by atoms with E-state index in [0.29, 0.717) is 6.04 Å². The van der Waals surface area contributed by atoms with E-state index in [4.69, 9.17) is 0 Å². The summed E-state index contributed by atoms with van der Waals surface area (Å²) >= 11 is 0. The summed E-state index contributed by atoms with van der Waals surface area (Å²) in [7, 11) is -0.868. The van der Waals surface area contributed by atoms with Gasteiger partial charge in [0.05, 0.1) is 10.8 Å². The fraction of sp³-hybridized carbons (Fsp3) is 0.667. The third kappa shape index (κ3) is 6.75. The third-order valence-corrected chi connectivity index (χ3v) is 5.15. The van der Waals surface area contributed by atoms with Gasteiger partial charge < -0.3 is 5.32 Å². The summed E-state index contributed by atoms with van der Waals surface area (Å²) in [5.41, 5.74) is 1.45. The lowest BCUT2D eigenvalue weighted by Gasteiger charge is -2.19. The molecular weight excluding hydrogens is 278 g/mol. The van der Waals surface area contributed by atoms with E-state index in [0.717, 1.165) is 36.5 Å². The highest BCUT2D eigenvalue weighted by molar-refractivity contribution is 7.85. The fourth-order valence-corrected chi connectivity index (χ4v) is 3.34. The zero-order valence-electron chi connectivity index (χ0n) is 14.2. The van der Waals surface area contributed by atoms with Crippen molar-refractivity contribution in [3.63, 3.8) is 0 Å². The molecule has 1 aromatic rings. The summed E-state index contributed by atoms with van der Waals surface area (Å²) < 4.78 is 12.3. The van der Waals surface area contributed by atoms with Crippen LogP contribution in [0.1, 0.15) is 59.4 Å². The van der Waals surface area contributed by atoms with Crippen LogP contribution in [0.3, 0.4) is 0 Å². The number of hydrogen-bond acceptors (Lipinski definition) is 2. The molecule has 2 unspecified atom stereocenters. The maximum atomic E-state index is 12.3. The molecule has 21 heavy (non-hydrogen) atoms. The van der Waals surface area contributed by atoms with Gasteiger partial charge in [-0.25, -0.2) is 0 Å². The molecule has 2 nitrogen and oxygen atoms in total. The second-order valence-electron chi connectivity index (χ2n) is 6.82. The van der Waals surface area contributed by atoms with Crippen LogP contribution in [0.2, 0.25) is 0 Å². The van der Waals surface area contributed by atoms with Crippen LogP contribution >= 0.6 is 0 Å². The van der Waals surface area contributed by atoms with Crippen molar-refractivity contribution >= 4 is 10.8 Å². The number of rotatable bonds is 8. The number of hydrogen-bond donors (Lipinski definition) is 1. The van der Waals surface area contributed by atoms with E-state index in [1.54, 1.807) is 0 Å². The Balaban J connectivity index is 2.42. The van der Waals surface area contributed by atoms with Crippen molar-refractivity contribution in [3.05, 3.63) is 29.8 Å². The van der Waals surface area contributed by atoms with Crippen molar-refractivity contribution in [1.29, 1.82) is 0 Å². The highest BCUT2D eigenvalue weighted by atomic mass is 32.2. The molecule has 1 N–H and O–H groups in total. The first-order valence-electron chi connectivity index (χ1n) is 8.07. The molecule has 0 radical (unpaired) electrons. The van der Waals surface area contributed by atoms with Crippen LogP contribution in [-0.4, -0.2) is 22.5 Å². The van der Waals surface area contributed by atoms with Crippen molar-refractivity contribution in [2.45, 2.75) is 70.2 Å². The van der Waals surface area contributed by atoms with Gasteiger partial charge in [-0.05, 0) is 55.8 Å². The Bertz CT molecular complexity index is 434. The van der Waals surface area contributed by atoms with E-state index in [2.05, 4.69) is 52.1 Å². The highest BCUT2D eigenvalue weighted by Gasteiger charge is 2.14. The molecule has 0 aliphatic rings. The molecule has 0 heterocycles. The molecule has 0 amide bonds. The van der Waals surface area contributed by atoms with Crippen LogP contribution in [0.15, 0.2) is 29.2 Å². The Morgan fingerprint density at radius 2 is 1.81 bits per heavy atom. The van der Waals surface area contributed by atoms with Gasteiger partial charge in [0.15, 0.2) is 0 Å². The molecule has 1 rings (SSSR count). The Morgan fingerprint density at radius 3 is 2.33 bits per heavy atom. The van der Waals surface area contributed by atoms with Crippen molar-refractivity contribution in [2.75, 3.05) is 12.3 Å². The molecule has 120 valence electrons. The maximum Gasteiger partial charge on any atom is 0.0529 e. The maximum absolute atomic E-state index is 12.3. The van der Waals surface area contributed by atoms with Crippen LogP contribution in [0, 0.1) is 0 Å². The number of nitrogens with one attached hydrogen (secondary N) is 1. The SMILES string of the molecule is CCCNC(C)CCCS(=O)c1ccc(C(C)(C)C)cc1. The van der Waals surface area contributed by atoms with Gasteiger partial charge in [0, 0.05) is 16.7 Å². The molecule has 0 saturated carbocycles. The van der Waals surface area contributed by atoms with Crippen LogP contribution in [0.5, 0.6) is 0 Å². The molecule has 0 fully saturated rings. The summed E-state index contributed by atoms with van der Waals surface area (Å²) in [4.78, 5) is 0.956. The van der Waals surface area contributed by atoms with Gasteiger partial charge in [0.1, 0.15) is 0 Å². The van der Waals surface area contributed by atoms with E-state index < -0.39 is 10.8 Å². The lowest BCUT2D eigenvalue weighted by Crippen LogP contribution is -2.26. The Kier molecular flexibility index (Phi) is 7.61. The number of benzene rings is 1. The Morgan fingerprint density at radius 1 is 1.19 bits per heavy atom. The molecule has 0 aromatic heterocycles. The monoisotopic (exact) mass is 309 g/mol. The largest absolute Gasteiger partial charge is 0.314 e. The summed E-state index contributed by atoms with van der Waals surface area (Å²) in [6.07, 6.45) is 3.26. The molecule has 0 spiro atoms. The minimum Gasteiger partial charge on any atom is -0.314 e. The van der Waals surface area contributed by atoms with E-state index in [9.17, 15) is 4.21 Å². The average Bonchev–Trinajstić information content (AvgIpc) is 2.44. The van der Waals surface area contributed by atoms with E-state index in [1.807, 2.05) is 12.1 Å². The molecule has 0 bridgehead atoms. The van der Waals surface area contributed by atoms with Crippen LogP contribution < -0.4 is 5.32 Å². The molecule has 0 saturated heterocycles. The quantitative estimate of drug-likeness (QED) is 0.777. The molecule has 2 atom stereocenters. The van der Waals surface area contributed by atoms with Gasteiger partial charge in [0.2, 0.25) is 0 Å². The Labute approximate surface area is 133 Å². The smallest absolute Gasteiger partial charge is 0.0529 e. The van der Waals surface area contributed by atoms with Crippen LogP contribution in [0.25, 0.3) is 0 Å². The summed E-state index contributed by atoms with van der Waals surface area (Å²) in [5, 5.41) is 3.47. The zero-order chi connectivity index (χ0) is 15.9. The van der Waals surface area contributed by atoms with Crippen LogP contribution in [-0.2, 0) is 16.2 Å². The summed E-state index contributed by atoms with van der Waals surface area (Å²) in [6.45, 7) is 12.0. The van der Waals surface area contributed by atoms with Gasteiger partial charge in [0.25, 0.3) is 0 Å². The van der Waals surface area contributed by atoms with E-state index in [1.165, 1.54) is 5.56 Å². The summed E-state index contributed by atoms with van der Waals surface area (Å²) in [5.74, 6) is 0.757.